The van der Waals surface area contributed by atoms with Gasteiger partial charge in [0.15, 0.2) is 0 Å². The molecule has 0 bridgehead atoms. The minimum absolute atomic E-state index is 0.323. The van der Waals surface area contributed by atoms with Gasteiger partial charge in [-0.25, -0.2) is 0 Å². The zero-order chi connectivity index (χ0) is 22.5. The van der Waals surface area contributed by atoms with Gasteiger partial charge in [-0.2, -0.15) is 0 Å². The molecular formula is C31H25P2. The summed E-state index contributed by atoms with van der Waals surface area (Å²) in [6.07, 6.45) is 9.94. The quantitative estimate of drug-likeness (QED) is 0.261. The Hall–Kier alpha value is -2.92. The van der Waals surface area contributed by atoms with Gasteiger partial charge in [0.1, 0.15) is 0 Å². The van der Waals surface area contributed by atoms with Crippen LogP contribution >= 0.6 is 15.8 Å². The first-order valence-electron chi connectivity index (χ1n) is 11.3. The van der Waals surface area contributed by atoms with Crippen LogP contribution in [0.1, 0.15) is 13.3 Å². The third kappa shape index (κ3) is 4.74. The Balaban J connectivity index is 1.56. The van der Waals surface area contributed by atoms with E-state index in [2.05, 4.69) is 140 Å². The summed E-state index contributed by atoms with van der Waals surface area (Å²) >= 11 is 0. The molecule has 5 rings (SSSR count). The maximum Gasteiger partial charge on any atom is 0.0476 e. The van der Waals surface area contributed by atoms with E-state index in [1.54, 1.807) is 0 Å². The lowest BCUT2D eigenvalue weighted by molar-refractivity contribution is 1.15. The van der Waals surface area contributed by atoms with Gasteiger partial charge in [0.05, 0.1) is 0 Å². The first-order valence-corrected chi connectivity index (χ1v) is 14.0. The average Bonchev–Trinajstić information content (AvgIpc) is 3.36. The summed E-state index contributed by atoms with van der Waals surface area (Å²) < 4.78 is 0. The maximum atomic E-state index is 3.51. The summed E-state index contributed by atoms with van der Waals surface area (Å²) in [6.45, 7) is 2.37. The zero-order valence-electron chi connectivity index (χ0n) is 18.6. The van der Waals surface area contributed by atoms with E-state index in [1.165, 1.54) is 32.1 Å². The van der Waals surface area contributed by atoms with Crippen LogP contribution in [-0.2, 0) is 0 Å². The maximum absolute atomic E-state index is 3.51. The third-order valence-corrected chi connectivity index (χ3v) is 11.2. The minimum Gasteiger partial charge on any atom is -0.0835 e. The van der Waals surface area contributed by atoms with Gasteiger partial charge in [0.2, 0.25) is 0 Å². The number of allylic oxidation sites excluding steroid dienone is 6. The van der Waals surface area contributed by atoms with E-state index in [0.29, 0.717) is 5.66 Å². The van der Waals surface area contributed by atoms with Gasteiger partial charge in [0.25, 0.3) is 0 Å². The fourth-order valence-corrected chi connectivity index (χ4v) is 9.65. The van der Waals surface area contributed by atoms with Gasteiger partial charge >= 0.3 is 0 Å². The lowest BCUT2D eigenvalue weighted by Crippen LogP contribution is -2.19. The van der Waals surface area contributed by atoms with E-state index in [4.69, 9.17) is 0 Å². The van der Waals surface area contributed by atoms with Crippen molar-refractivity contribution in [2.45, 2.75) is 19.0 Å². The zero-order valence-corrected chi connectivity index (χ0v) is 20.4. The smallest absolute Gasteiger partial charge is 0.0476 e. The highest BCUT2D eigenvalue weighted by Gasteiger charge is 2.32. The fraction of sp³-hybridized carbons (Fsp3) is 0.0968. The van der Waals surface area contributed by atoms with Crippen molar-refractivity contribution in [1.29, 1.82) is 0 Å². The van der Waals surface area contributed by atoms with E-state index in [9.17, 15) is 0 Å². The average molecular weight is 459 g/mol. The Bertz CT molecular complexity index is 1270. The van der Waals surface area contributed by atoms with Gasteiger partial charge in [-0.1, -0.05) is 128 Å². The molecule has 0 fully saturated rings. The van der Waals surface area contributed by atoms with Crippen LogP contribution in [0.25, 0.3) is 0 Å². The van der Waals surface area contributed by atoms with Gasteiger partial charge in [-0.3, -0.25) is 0 Å². The predicted octanol–water partition coefficient (Wildman–Crippen LogP) is 7.10. The molecular weight excluding hydrogens is 434 g/mol. The largest absolute Gasteiger partial charge is 0.0835 e. The van der Waals surface area contributed by atoms with Crippen LogP contribution in [0.2, 0.25) is 0 Å². The van der Waals surface area contributed by atoms with Crippen LogP contribution in [0.5, 0.6) is 0 Å². The van der Waals surface area contributed by atoms with Gasteiger partial charge < -0.3 is 0 Å². The SMILES string of the molecule is C[C@H](C1=C=C=C=C1P(c1ccccc1)c1ccccc1)P(C1=C[CH]C=CC1)c1ccccc1. The van der Waals surface area contributed by atoms with E-state index >= 15 is 0 Å². The number of rotatable bonds is 7. The van der Waals surface area contributed by atoms with E-state index in [1.807, 2.05) is 0 Å². The molecule has 0 saturated carbocycles. The van der Waals surface area contributed by atoms with Crippen LogP contribution in [0, 0.1) is 6.42 Å². The summed E-state index contributed by atoms with van der Waals surface area (Å²) in [7, 11) is -1.27. The number of benzene rings is 3. The van der Waals surface area contributed by atoms with Crippen molar-refractivity contribution in [3.8, 4) is 0 Å². The Labute approximate surface area is 199 Å². The molecule has 0 spiro atoms. The van der Waals surface area contributed by atoms with Gasteiger partial charge in [-0.15, -0.1) is 0 Å². The Morgan fingerprint density at radius 2 is 1.30 bits per heavy atom. The van der Waals surface area contributed by atoms with Crippen LogP contribution < -0.4 is 15.9 Å². The van der Waals surface area contributed by atoms with Crippen molar-refractivity contribution >= 4 is 31.8 Å². The predicted molar refractivity (Wildman–Crippen MR) is 145 cm³/mol. The Kier molecular flexibility index (Phi) is 6.87. The molecule has 1 radical (unpaired) electrons. The topological polar surface area (TPSA) is 0 Å². The Morgan fingerprint density at radius 1 is 0.727 bits per heavy atom. The minimum atomic E-state index is -0.722. The molecule has 3 aromatic rings. The highest BCUT2D eigenvalue weighted by molar-refractivity contribution is 7.77. The highest BCUT2D eigenvalue weighted by Crippen LogP contribution is 2.57. The molecule has 0 aromatic heterocycles. The monoisotopic (exact) mass is 459 g/mol. The van der Waals surface area contributed by atoms with Crippen molar-refractivity contribution in [3.05, 3.63) is 149 Å². The van der Waals surface area contributed by atoms with Crippen molar-refractivity contribution in [3.63, 3.8) is 0 Å². The molecule has 159 valence electrons. The van der Waals surface area contributed by atoms with Crippen LogP contribution in [0.4, 0.5) is 0 Å². The molecule has 2 aliphatic rings. The summed E-state index contributed by atoms with van der Waals surface area (Å²) in [5, 5.41) is 6.87. The van der Waals surface area contributed by atoms with Crippen molar-refractivity contribution < 1.29 is 0 Å². The van der Waals surface area contributed by atoms with Crippen LogP contribution in [0.3, 0.4) is 0 Å². The molecule has 0 nitrogen and oxygen atoms in total. The lowest BCUT2D eigenvalue weighted by Gasteiger charge is -2.31. The second-order valence-electron chi connectivity index (χ2n) is 8.01. The third-order valence-electron chi connectivity index (χ3n) is 5.90. The first kappa shape index (κ1) is 21.9. The normalized spacial score (nSPS) is 16.4. The van der Waals surface area contributed by atoms with Gasteiger partial charge in [-0.05, 0) is 49.2 Å². The molecule has 0 aliphatic heterocycles. The second-order valence-corrected chi connectivity index (χ2v) is 12.8. The molecule has 0 N–H and O–H groups in total. The van der Waals surface area contributed by atoms with Crippen molar-refractivity contribution in [2.24, 2.45) is 0 Å². The second kappa shape index (κ2) is 10.3. The van der Waals surface area contributed by atoms with Gasteiger partial charge in [0, 0.05) is 23.0 Å². The Morgan fingerprint density at radius 3 is 1.85 bits per heavy atom. The van der Waals surface area contributed by atoms with Crippen LogP contribution in [0.15, 0.2) is 143 Å². The van der Waals surface area contributed by atoms with Crippen molar-refractivity contribution in [2.75, 3.05) is 0 Å². The van der Waals surface area contributed by atoms with E-state index in [0.717, 1.165) is 6.42 Å². The fourth-order valence-electron chi connectivity index (χ4n) is 4.36. The summed E-state index contributed by atoms with van der Waals surface area (Å²) in [5.74, 6) is 0. The molecule has 2 aliphatic carbocycles. The molecule has 2 atom stereocenters. The number of hydrogen-bond acceptors (Lipinski definition) is 0. The molecule has 0 amide bonds. The summed E-state index contributed by atoms with van der Waals surface area (Å²) in [5.41, 5.74) is 11.9. The molecule has 0 saturated heterocycles. The summed E-state index contributed by atoms with van der Waals surface area (Å²) in [4.78, 5) is 0. The molecule has 0 heterocycles. The summed E-state index contributed by atoms with van der Waals surface area (Å²) in [6, 6.07) is 32.7. The van der Waals surface area contributed by atoms with Crippen LogP contribution in [-0.4, -0.2) is 5.66 Å². The van der Waals surface area contributed by atoms with E-state index in [-0.39, 0.29) is 0 Å². The number of hydrogen-bond donors (Lipinski definition) is 0. The molecule has 33 heavy (non-hydrogen) atoms. The molecule has 2 heteroatoms. The first-order chi connectivity index (χ1) is 16.3. The van der Waals surface area contributed by atoms with Crippen molar-refractivity contribution in [1.82, 2.24) is 0 Å². The standard InChI is InChI=1S/C31H25P2/c1-25(32(26-15-6-2-7-16-26)27-17-8-3-9-18-27)30-23-14-24-31(30)33(28-19-10-4-11-20-28)29-21-12-5-13-22-29/h2-13,15-17,19-22,25H,18H2,1H3/t25-,32?/m1/s1. The lowest BCUT2D eigenvalue weighted by atomic mass is 10.2. The molecule has 3 aromatic carbocycles. The highest BCUT2D eigenvalue weighted by atomic mass is 31.1. The molecule has 1 unspecified atom stereocenters. The van der Waals surface area contributed by atoms with E-state index < -0.39 is 15.8 Å².